The highest BCUT2D eigenvalue weighted by atomic mass is 16.5. The van der Waals surface area contributed by atoms with E-state index in [2.05, 4.69) is 10.6 Å². The van der Waals surface area contributed by atoms with Crippen LogP contribution in [0, 0.1) is 5.92 Å². The van der Waals surface area contributed by atoms with Crippen LogP contribution in [0.2, 0.25) is 0 Å². The van der Waals surface area contributed by atoms with Crippen molar-refractivity contribution in [3.63, 3.8) is 0 Å². The monoisotopic (exact) mass is 393 g/mol. The number of hydrogen-bond acceptors (Lipinski definition) is 6. The number of carbonyl (C=O) groups excluding carboxylic acids is 3. The summed E-state index contributed by atoms with van der Waals surface area (Å²) < 4.78 is 4.76. The van der Waals surface area contributed by atoms with E-state index < -0.39 is 48.3 Å². The second kappa shape index (κ2) is 11.0. The Kier molecular flexibility index (Phi) is 9.10. The van der Waals surface area contributed by atoms with Gasteiger partial charge in [-0.15, -0.1) is 0 Å². The molecular formula is C19H27N3O6. The zero-order valence-electron chi connectivity index (χ0n) is 16.2. The summed E-state index contributed by atoms with van der Waals surface area (Å²) in [6.07, 6.45) is -0.340. The molecule has 5 N–H and O–H groups in total. The standard InChI is InChI=1S/C19H27N3O6/c1-11(2)16(22-17(25)13(20)10-15(23)24)18(26)21-14(19(27)28-3)9-12-7-5-4-6-8-12/h4-8,11,13-14,16H,9-10,20H2,1-3H3,(H,21,26)(H,22,25)(H,23,24)/t13-,14+,16+/m0/s1. The molecule has 0 aromatic heterocycles. The van der Waals surface area contributed by atoms with Gasteiger partial charge in [-0.25, -0.2) is 4.79 Å². The normalized spacial score (nSPS) is 13.9. The van der Waals surface area contributed by atoms with Crippen LogP contribution in [-0.4, -0.2) is 54.1 Å². The molecule has 1 rings (SSSR count). The summed E-state index contributed by atoms with van der Waals surface area (Å²) in [4.78, 5) is 47.6. The number of carboxylic acid groups (broad SMARTS) is 1. The molecule has 0 saturated carbocycles. The molecule has 0 aliphatic heterocycles. The summed E-state index contributed by atoms with van der Waals surface area (Å²) in [5, 5.41) is 13.8. The van der Waals surface area contributed by atoms with Crippen molar-refractivity contribution >= 4 is 23.8 Å². The first-order chi connectivity index (χ1) is 13.1. The van der Waals surface area contributed by atoms with Gasteiger partial charge in [0.05, 0.1) is 19.6 Å². The summed E-state index contributed by atoms with van der Waals surface area (Å²) in [7, 11) is 1.22. The van der Waals surface area contributed by atoms with Crippen LogP contribution in [0.5, 0.6) is 0 Å². The third-order valence-electron chi connectivity index (χ3n) is 4.06. The highest BCUT2D eigenvalue weighted by molar-refractivity contribution is 5.93. The average molecular weight is 393 g/mol. The number of rotatable bonds is 10. The van der Waals surface area contributed by atoms with Gasteiger partial charge >= 0.3 is 11.9 Å². The highest BCUT2D eigenvalue weighted by Gasteiger charge is 2.30. The molecule has 0 bridgehead atoms. The maximum atomic E-state index is 12.7. The van der Waals surface area contributed by atoms with Gasteiger partial charge in [0.15, 0.2) is 0 Å². The number of esters is 1. The van der Waals surface area contributed by atoms with Crippen molar-refractivity contribution in [2.24, 2.45) is 11.7 Å². The second-order valence-electron chi connectivity index (χ2n) is 6.71. The van der Waals surface area contributed by atoms with Gasteiger partial charge < -0.3 is 26.2 Å². The van der Waals surface area contributed by atoms with Gasteiger partial charge in [0, 0.05) is 6.42 Å². The summed E-state index contributed by atoms with van der Waals surface area (Å²) in [6.45, 7) is 3.41. The minimum atomic E-state index is -1.28. The van der Waals surface area contributed by atoms with E-state index in [9.17, 15) is 19.2 Å². The lowest BCUT2D eigenvalue weighted by atomic mass is 10.0. The van der Waals surface area contributed by atoms with Crippen molar-refractivity contribution in [2.45, 2.75) is 44.8 Å². The number of aliphatic carboxylic acids is 1. The summed E-state index contributed by atoms with van der Waals surface area (Å²) >= 11 is 0. The quantitative estimate of drug-likeness (QED) is 0.403. The van der Waals surface area contributed by atoms with Gasteiger partial charge in [0.1, 0.15) is 12.1 Å². The number of nitrogens with two attached hydrogens (primary N) is 1. The molecule has 0 saturated heterocycles. The van der Waals surface area contributed by atoms with Crippen molar-refractivity contribution in [3.05, 3.63) is 35.9 Å². The Bertz CT molecular complexity index is 692. The SMILES string of the molecule is COC(=O)[C@@H](Cc1ccccc1)NC(=O)[C@H](NC(=O)[C@@H](N)CC(=O)O)C(C)C. The van der Waals surface area contributed by atoms with E-state index >= 15 is 0 Å². The van der Waals surface area contributed by atoms with E-state index in [1.807, 2.05) is 30.3 Å². The maximum absolute atomic E-state index is 12.7. The van der Waals surface area contributed by atoms with E-state index in [1.165, 1.54) is 7.11 Å². The number of nitrogens with one attached hydrogen (secondary N) is 2. The molecule has 0 aliphatic carbocycles. The predicted molar refractivity (Wildman–Crippen MR) is 101 cm³/mol. The number of carbonyl (C=O) groups is 4. The fourth-order valence-electron chi connectivity index (χ4n) is 2.52. The van der Waals surface area contributed by atoms with Crippen molar-refractivity contribution in [3.8, 4) is 0 Å². The molecule has 0 fully saturated rings. The Morgan fingerprint density at radius 1 is 1.07 bits per heavy atom. The van der Waals surface area contributed by atoms with Crippen LogP contribution in [0.3, 0.4) is 0 Å². The lowest BCUT2D eigenvalue weighted by molar-refractivity contribution is -0.145. The lowest BCUT2D eigenvalue weighted by Gasteiger charge is -2.25. The minimum absolute atomic E-state index is 0.219. The van der Waals surface area contributed by atoms with Crippen LogP contribution >= 0.6 is 0 Å². The lowest BCUT2D eigenvalue weighted by Crippen LogP contribution is -2.57. The van der Waals surface area contributed by atoms with Crippen LogP contribution in [0.25, 0.3) is 0 Å². The number of benzene rings is 1. The maximum Gasteiger partial charge on any atom is 0.328 e. The van der Waals surface area contributed by atoms with Crippen LogP contribution in [0.15, 0.2) is 30.3 Å². The van der Waals surface area contributed by atoms with Gasteiger partial charge in [0.25, 0.3) is 0 Å². The zero-order chi connectivity index (χ0) is 21.3. The largest absolute Gasteiger partial charge is 0.481 e. The fourth-order valence-corrected chi connectivity index (χ4v) is 2.52. The highest BCUT2D eigenvalue weighted by Crippen LogP contribution is 2.08. The number of methoxy groups -OCH3 is 1. The van der Waals surface area contributed by atoms with Crippen molar-refractivity contribution < 1.29 is 29.0 Å². The Hall–Kier alpha value is -2.94. The Morgan fingerprint density at radius 2 is 1.68 bits per heavy atom. The Morgan fingerprint density at radius 3 is 2.18 bits per heavy atom. The van der Waals surface area contributed by atoms with Crippen molar-refractivity contribution in [2.75, 3.05) is 7.11 Å². The number of carboxylic acids is 1. The van der Waals surface area contributed by atoms with Gasteiger partial charge in [0.2, 0.25) is 11.8 Å². The number of ether oxygens (including phenoxy) is 1. The predicted octanol–water partition coefficient (Wildman–Crippen LogP) is -0.170. The first-order valence-corrected chi connectivity index (χ1v) is 8.85. The molecule has 3 atom stereocenters. The van der Waals surface area contributed by atoms with Crippen LogP contribution in [0.1, 0.15) is 25.8 Å². The topological polar surface area (TPSA) is 148 Å². The molecule has 0 radical (unpaired) electrons. The molecule has 0 heterocycles. The Labute approximate surface area is 163 Å². The van der Waals surface area contributed by atoms with E-state index in [1.54, 1.807) is 13.8 Å². The average Bonchev–Trinajstić information content (AvgIpc) is 2.64. The van der Waals surface area contributed by atoms with Gasteiger partial charge in [-0.1, -0.05) is 44.2 Å². The molecular weight excluding hydrogens is 366 g/mol. The smallest absolute Gasteiger partial charge is 0.328 e. The molecule has 9 heteroatoms. The zero-order valence-corrected chi connectivity index (χ0v) is 16.2. The van der Waals surface area contributed by atoms with E-state index in [0.717, 1.165) is 5.56 Å². The number of amides is 2. The molecule has 0 spiro atoms. The first-order valence-electron chi connectivity index (χ1n) is 8.85. The molecule has 1 aromatic carbocycles. The van der Waals surface area contributed by atoms with E-state index in [0.29, 0.717) is 0 Å². The van der Waals surface area contributed by atoms with Gasteiger partial charge in [-0.2, -0.15) is 0 Å². The summed E-state index contributed by atoms with van der Waals surface area (Å²) in [5.74, 6) is -3.50. The third-order valence-corrected chi connectivity index (χ3v) is 4.06. The van der Waals surface area contributed by atoms with Crippen molar-refractivity contribution in [1.29, 1.82) is 0 Å². The van der Waals surface area contributed by atoms with Gasteiger partial charge in [-0.05, 0) is 11.5 Å². The molecule has 28 heavy (non-hydrogen) atoms. The van der Waals surface area contributed by atoms with Crippen LogP contribution in [0.4, 0.5) is 0 Å². The summed E-state index contributed by atoms with van der Waals surface area (Å²) in [6, 6.07) is 5.87. The van der Waals surface area contributed by atoms with Gasteiger partial charge in [-0.3, -0.25) is 14.4 Å². The molecule has 1 aromatic rings. The number of hydrogen-bond donors (Lipinski definition) is 4. The first kappa shape index (κ1) is 23.1. The third kappa shape index (κ3) is 7.36. The summed E-state index contributed by atoms with van der Waals surface area (Å²) in [5.41, 5.74) is 6.37. The van der Waals surface area contributed by atoms with Crippen molar-refractivity contribution in [1.82, 2.24) is 10.6 Å². The Balaban J connectivity index is 2.87. The molecule has 2 amide bonds. The second-order valence-corrected chi connectivity index (χ2v) is 6.71. The van der Waals surface area contributed by atoms with Crippen LogP contribution < -0.4 is 16.4 Å². The molecule has 9 nitrogen and oxygen atoms in total. The molecule has 154 valence electrons. The molecule has 0 aliphatic rings. The minimum Gasteiger partial charge on any atom is -0.481 e. The van der Waals surface area contributed by atoms with E-state index in [-0.39, 0.29) is 12.3 Å². The van der Waals surface area contributed by atoms with E-state index in [4.69, 9.17) is 15.6 Å². The fraction of sp³-hybridized carbons (Fsp3) is 0.474. The molecule has 0 unspecified atom stereocenters. The van der Waals surface area contributed by atoms with Crippen LogP contribution in [-0.2, 0) is 30.3 Å².